The SMILES string of the molecule is CNCCCCC[C@H](NC(=O)N[C@@H](CCC(=O)O)C(=O)O)C(=O)O. The molecule has 0 aromatic rings. The van der Waals surface area contributed by atoms with Gasteiger partial charge in [-0.3, -0.25) is 4.79 Å². The average molecular weight is 347 g/mol. The van der Waals surface area contributed by atoms with Crippen molar-refractivity contribution in [1.29, 1.82) is 0 Å². The van der Waals surface area contributed by atoms with Gasteiger partial charge in [0.25, 0.3) is 0 Å². The van der Waals surface area contributed by atoms with Crippen LogP contribution in [0.2, 0.25) is 0 Å². The number of carboxylic acids is 3. The zero-order valence-corrected chi connectivity index (χ0v) is 13.6. The van der Waals surface area contributed by atoms with Gasteiger partial charge in [0, 0.05) is 6.42 Å². The second-order valence-electron chi connectivity index (χ2n) is 5.28. The standard InChI is InChI=1S/C14H25N3O7/c1-15-8-4-2-3-5-9(12(20)21)16-14(24)17-10(13(22)23)6-7-11(18)19/h9-10,15H,2-8H2,1H3,(H,18,19)(H,20,21)(H,22,23)(H2,16,17,24)/t9-,10-/m0/s1. The third-order valence-corrected chi connectivity index (χ3v) is 3.27. The molecule has 0 heterocycles. The Morgan fingerprint density at radius 2 is 1.38 bits per heavy atom. The van der Waals surface area contributed by atoms with Crippen molar-refractivity contribution in [1.82, 2.24) is 16.0 Å². The molecule has 0 aromatic heterocycles. The molecule has 0 fully saturated rings. The number of hydrogen-bond acceptors (Lipinski definition) is 5. The number of nitrogens with one attached hydrogen (secondary N) is 3. The highest BCUT2D eigenvalue weighted by molar-refractivity contribution is 5.86. The van der Waals surface area contributed by atoms with Gasteiger partial charge >= 0.3 is 23.9 Å². The summed E-state index contributed by atoms with van der Waals surface area (Å²) < 4.78 is 0. The number of carbonyl (C=O) groups excluding carboxylic acids is 1. The number of carboxylic acid groups (broad SMARTS) is 3. The van der Waals surface area contributed by atoms with E-state index in [2.05, 4.69) is 16.0 Å². The first-order valence-electron chi connectivity index (χ1n) is 7.67. The monoisotopic (exact) mass is 347 g/mol. The first-order valence-corrected chi connectivity index (χ1v) is 7.67. The predicted molar refractivity (Wildman–Crippen MR) is 83.8 cm³/mol. The van der Waals surface area contributed by atoms with Crippen LogP contribution in [0.25, 0.3) is 0 Å². The van der Waals surface area contributed by atoms with E-state index in [-0.39, 0.29) is 12.8 Å². The fourth-order valence-electron chi connectivity index (χ4n) is 1.97. The maximum absolute atomic E-state index is 11.7. The zero-order valence-electron chi connectivity index (χ0n) is 13.6. The molecular formula is C14H25N3O7. The quantitative estimate of drug-likeness (QED) is 0.250. The first kappa shape index (κ1) is 21.6. The molecule has 0 unspecified atom stereocenters. The van der Waals surface area contributed by atoms with Gasteiger partial charge in [-0.1, -0.05) is 12.8 Å². The zero-order chi connectivity index (χ0) is 18.5. The largest absolute Gasteiger partial charge is 0.481 e. The first-order chi connectivity index (χ1) is 11.3. The Kier molecular flexibility index (Phi) is 10.9. The average Bonchev–Trinajstić information content (AvgIpc) is 2.49. The minimum Gasteiger partial charge on any atom is -0.481 e. The number of hydrogen-bond donors (Lipinski definition) is 6. The highest BCUT2D eigenvalue weighted by atomic mass is 16.4. The van der Waals surface area contributed by atoms with E-state index in [1.54, 1.807) is 0 Å². The topological polar surface area (TPSA) is 165 Å². The van der Waals surface area contributed by atoms with Crippen molar-refractivity contribution in [3.63, 3.8) is 0 Å². The van der Waals surface area contributed by atoms with Crippen molar-refractivity contribution in [3.05, 3.63) is 0 Å². The van der Waals surface area contributed by atoms with Gasteiger partial charge in [-0.25, -0.2) is 14.4 Å². The van der Waals surface area contributed by atoms with E-state index >= 15 is 0 Å². The molecule has 0 aliphatic heterocycles. The molecule has 0 saturated heterocycles. The van der Waals surface area contributed by atoms with E-state index in [0.717, 1.165) is 19.4 Å². The van der Waals surface area contributed by atoms with Crippen LogP contribution in [0.15, 0.2) is 0 Å². The number of aliphatic carboxylic acids is 3. The Hall–Kier alpha value is -2.36. The minimum absolute atomic E-state index is 0.222. The van der Waals surface area contributed by atoms with E-state index in [1.165, 1.54) is 0 Å². The molecule has 0 aromatic carbocycles. The second kappa shape index (κ2) is 12.1. The van der Waals surface area contributed by atoms with E-state index in [9.17, 15) is 19.2 Å². The lowest BCUT2D eigenvalue weighted by Crippen LogP contribution is -2.51. The number of rotatable bonds is 13. The molecular weight excluding hydrogens is 322 g/mol. The van der Waals surface area contributed by atoms with E-state index < -0.39 is 42.4 Å². The molecule has 138 valence electrons. The molecule has 0 bridgehead atoms. The van der Waals surface area contributed by atoms with Crippen LogP contribution in [0.1, 0.15) is 38.5 Å². The maximum atomic E-state index is 11.7. The van der Waals surface area contributed by atoms with Crippen LogP contribution >= 0.6 is 0 Å². The Morgan fingerprint density at radius 3 is 1.83 bits per heavy atom. The number of carbonyl (C=O) groups is 4. The van der Waals surface area contributed by atoms with Crippen LogP contribution in [-0.4, -0.2) is 64.9 Å². The van der Waals surface area contributed by atoms with Crippen molar-refractivity contribution in [2.24, 2.45) is 0 Å². The van der Waals surface area contributed by atoms with E-state index in [0.29, 0.717) is 6.42 Å². The van der Waals surface area contributed by atoms with Gasteiger partial charge in [-0.15, -0.1) is 0 Å². The van der Waals surface area contributed by atoms with E-state index in [1.807, 2.05) is 7.05 Å². The summed E-state index contributed by atoms with van der Waals surface area (Å²) in [6.07, 6.45) is 1.78. The molecule has 0 radical (unpaired) electrons. The summed E-state index contributed by atoms with van der Waals surface area (Å²) in [7, 11) is 1.81. The summed E-state index contributed by atoms with van der Waals surface area (Å²) in [5.41, 5.74) is 0. The summed E-state index contributed by atoms with van der Waals surface area (Å²) in [4.78, 5) is 44.3. The Morgan fingerprint density at radius 1 is 0.833 bits per heavy atom. The van der Waals surface area contributed by atoms with Crippen LogP contribution in [-0.2, 0) is 14.4 Å². The Balaban J connectivity index is 4.40. The number of amides is 2. The fourth-order valence-corrected chi connectivity index (χ4v) is 1.97. The molecule has 2 atom stereocenters. The van der Waals surface area contributed by atoms with Crippen LogP contribution in [0.3, 0.4) is 0 Å². The molecule has 24 heavy (non-hydrogen) atoms. The third kappa shape index (κ3) is 10.4. The smallest absolute Gasteiger partial charge is 0.326 e. The van der Waals surface area contributed by atoms with Crippen molar-refractivity contribution in [3.8, 4) is 0 Å². The van der Waals surface area contributed by atoms with Gasteiger partial charge < -0.3 is 31.3 Å². The lowest BCUT2D eigenvalue weighted by Gasteiger charge is -2.18. The van der Waals surface area contributed by atoms with Crippen LogP contribution in [0.4, 0.5) is 4.79 Å². The Bertz CT molecular complexity index is 442. The van der Waals surface area contributed by atoms with Gasteiger partial charge in [-0.2, -0.15) is 0 Å². The predicted octanol–water partition coefficient (Wildman–Crippen LogP) is -0.163. The van der Waals surface area contributed by atoms with E-state index in [4.69, 9.17) is 15.3 Å². The fraction of sp³-hybridized carbons (Fsp3) is 0.714. The molecule has 0 aliphatic rings. The summed E-state index contributed by atoms with van der Waals surface area (Å²) in [6.45, 7) is 0.815. The summed E-state index contributed by atoms with van der Waals surface area (Å²) >= 11 is 0. The maximum Gasteiger partial charge on any atom is 0.326 e. The third-order valence-electron chi connectivity index (χ3n) is 3.27. The summed E-state index contributed by atoms with van der Waals surface area (Å²) in [6, 6.07) is -3.48. The van der Waals surface area contributed by atoms with Gasteiger partial charge in [0.1, 0.15) is 12.1 Å². The van der Waals surface area contributed by atoms with Gasteiger partial charge in [0.15, 0.2) is 0 Å². The molecule has 0 saturated carbocycles. The summed E-state index contributed by atoms with van der Waals surface area (Å²) in [5.74, 6) is -3.78. The molecule has 6 N–H and O–H groups in total. The molecule has 0 rings (SSSR count). The highest BCUT2D eigenvalue weighted by Crippen LogP contribution is 2.04. The number of urea groups is 1. The normalized spacial score (nSPS) is 12.9. The summed E-state index contributed by atoms with van der Waals surface area (Å²) in [5, 5.41) is 33.8. The number of unbranched alkanes of at least 4 members (excludes halogenated alkanes) is 2. The van der Waals surface area contributed by atoms with Crippen LogP contribution in [0.5, 0.6) is 0 Å². The molecule has 10 nitrogen and oxygen atoms in total. The molecule has 0 spiro atoms. The van der Waals surface area contributed by atoms with Crippen molar-refractivity contribution < 1.29 is 34.5 Å². The van der Waals surface area contributed by atoms with Crippen molar-refractivity contribution >= 4 is 23.9 Å². The lowest BCUT2D eigenvalue weighted by molar-refractivity contribution is -0.140. The Labute approximate surface area is 139 Å². The molecule has 0 aliphatic carbocycles. The van der Waals surface area contributed by atoms with Crippen LogP contribution < -0.4 is 16.0 Å². The molecule has 10 heteroatoms. The lowest BCUT2D eigenvalue weighted by atomic mass is 10.1. The van der Waals surface area contributed by atoms with Gasteiger partial charge in [0.05, 0.1) is 0 Å². The highest BCUT2D eigenvalue weighted by Gasteiger charge is 2.24. The minimum atomic E-state index is -1.40. The van der Waals surface area contributed by atoms with Gasteiger partial charge in [0.2, 0.25) is 0 Å². The second-order valence-corrected chi connectivity index (χ2v) is 5.28. The molecule has 2 amide bonds. The van der Waals surface area contributed by atoms with Crippen molar-refractivity contribution in [2.45, 2.75) is 50.6 Å². The van der Waals surface area contributed by atoms with Gasteiger partial charge in [-0.05, 0) is 32.9 Å². The van der Waals surface area contributed by atoms with Crippen LogP contribution in [0, 0.1) is 0 Å². The van der Waals surface area contributed by atoms with Crippen molar-refractivity contribution in [2.75, 3.05) is 13.6 Å².